The van der Waals surface area contributed by atoms with E-state index < -0.39 is 17.5 Å². The Morgan fingerprint density at radius 3 is 2.78 bits per heavy atom. The fourth-order valence-electron chi connectivity index (χ4n) is 9.08. The third-order valence-corrected chi connectivity index (χ3v) is 13.0. The molecule has 0 saturated carbocycles. The molecule has 3 N–H and O–H groups in total. The lowest BCUT2D eigenvalue weighted by atomic mass is 9.84. The molecule has 7 heterocycles. The van der Waals surface area contributed by atoms with E-state index in [1.165, 1.54) is 47.7 Å². The number of methoxy groups -OCH3 is 1. The van der Waals surface area contributed by atoms with Gasteiger partial charge in [-0.1, -0.05) is 26.3 Å². The summed E-state index contributed by atoms with van der Waals surface area (Å²) in [6.45, 7) is 14.3. The molecule has 0 aliphatic carbocycles. The van der Waals surface area contributed by atoms with E-state index in [4.69, 9.17) is 25.2 Å². The van der Waals surface area contributed by atoms with Crippen LogP contribution in [0.25, 0.3) is 33.4 Å². The van der Waals surface area contributed by atoms with Crippen LogP contribution in [0.1, 0.15) is 82.2 Å². The maximum Gasteiger partial charge on any atom is 0.324 e. The molecular formula is C42H56N8O4S. The highest BCUT2D eigenvalue weighted by molar-refractivity contribution is 7.10. The van der Waals surface area contributed by atoms with Crippen molar-refractivity contribution in [2.24, 2.45) is 11.1 Å². The Morgan fingerprint density at radius 1 is 1.11 bits per heavy atom. The van der Waals surface area contributed by atoms with Crippen molar-refractivity contribution in [3.63, 3.8) is 0 Å². The van der Waals surface area contributed by atoms with Gasteiger partial charge in [0.25, 0.3) is 5.91 Å². The normalized spacial score (nSPS) is 24.4. The number of anilines is 1. The monoisotopic (exact) mass is 768 g/mol. The summed E-state index contributed by atoms with van der Waals surface area (Å²) in [5.74, 6) is -0.596. The smallest absolute Gasteiger partial charge is 0.324 e. The summed E-state index contributed by atoms with van der Waals surface area (Å²) < 4.78 is 14.5. The van der Waals surface area contributed by atoms with Crippen molar-refractivity contribution in [3.05, 3.63) is 52.1 Å². The number of carbonyl (C=O) groups is 2. The average Bonchev–Trinajstić information content (AvgIpc) is 3.80. The van der Waals surface area contributed by atoms with E-state index in [0.29, 0.717) is 38.3 Å². The fourth-order valence-corrected chi connectivity index (χ4v) is 9.94. The van der Waals surface area contributed by atoms with Crippen molar-refractivity contribution in [1.82, 2.24) is 29.9 Å². The van der Waals surface area contributed by atoms with Crippen LogP contribution >= 0.6 is 11.3 Å². The zero-order valence-electron chi connectivity index (χ0n) is 33.0. The number of piperidine rings is 1. The molecule has 1 amide bonds. The third kappa shape index (κ3) is 7.53. The van der Waals surface area contributed by atoms with Gasteiger partial charge in [0.05, 0.1) is 52.7 Å². The Kier molecular flexibility index (Phi) is 10.8. The molecule has 4 aromatic rings. The van der Waals surface area contributed by atoms with E-state index in [0.717, 1.165) is 76.0 Å². The summed E-state index contributed by atoms with van der Waals surface area (Å²) >= 11 is 1.52. The largest absolute Gasteiger partial charge is 0.464 e. The molecule has 13 heteroatoms. The number of hydrogen-bond acceptors (Lipinski definition) is 11. The van der Waals surface area contributed by atoms with Gasteiger partial charge in [-0.25, -0.2) is 10.4 Å². The zero-order chi connectivity index (χ0) is 38.4. The van der Waals surface area contributed by atoms with Gasteiger partial charge < -0.3 is 24.7 Å². The first-order valence-electron chi connectivity index (χ1n) is 20.1. The van der Waals surface area contributed by atoms with Crippen LogP contribution in [0.3, 0.4) is 0 Å². The second kappa shape index (κ2) is 15.6. The first-order valence-corrected chi connectivity index (χ1v) is 21.0. The minimum absolute atomic E-state index is 0.218. The molecule has 0 spiro atoms. The summed E-state index contributed by atoms with van der Waals surface area (Å²) in [5.41, 5.74) is 17.6. The van der Waals surface area contributed by atoms with Crippen molar-refractivity contribution in [1.29, 1.82) is 0 Å². The molecule has 12 nitrogen and oxygen atoms in total. The minimum atomic E-state index is -0.783. The molecule has 4 aliphatic heterocycles. The number of thiazole rings is 1. The predicted octanol–water partition coefficient (Wildman–Crippen LogP) is 5.72. The van der Waals surface area contributed by atoms with E-state index in [2.05, 4.69) is 77.1 Å². The Balaban J connectivity index is 1.27. The van der Waals surface area contributed by atoms with Gasteiger partial charge in [0, 0.05) is 85.1 Å². The van der Waals surface area contributed by atoms with E-state index in [9.17, 15) is 9.59 Å². The summed E-state index contributed by atoms with van der Waals surface area (Å²) in [7, 11) is 1.75. The van der Waals surface area contributed by atoms with Crippen molar-refractivity contribution >= 4 is 39.8 Å². The Bertz CT molecular complexity index is 2060. The molecule has 6 bridgehead atoms. The number of hydrazine groups is 1. The lowest BCUT2D eigenvalue weighted by Crippen LogP contribution is -2.59. The van der Waals surface area contributed by atoms with Gasteiger partial charge in [0.2, 0.25) is 0 Å². The molecule has 3 fully saturated rings. The first kappa shape index (κ1) is 38.0. The highest BCUT2D eigenvalue weighted by atomic mass is 32.1. The SMILES string of the molecule is CCn1c(-c2cc(N3CCN4CCCC[C@@H]4C3)cnc2[C@H](C)OC)c2c3cc(ccc31)-c1csc(n1)C[C@H](N)C(=O)N1CCC[C@H](N1)C(=O)OCC(C)(C)C2. The number of pyridine rings is 1. The van der Waals surface area contributed by atoms with Crippen molar-refractivity contribution in [2.75, 3.05) is 51.3 Å². The van der Waals surface area contributed by atoms with Crippen LogP contribution in [0.5, 0.6) is 0 Å². The number of nitrogens with one attached hydrogen (secondary N) is 1. The summed E-state index contributed by atoms with van der Waals surface area (Å²) in [4.78, 5) is 42.3. The van der Waals surface area contributed by atoms with E-state index >= 15 is 0 Å². The van der Waals surface area contributed by atoms with Gasteiger partial charge >= 0.3 is 5.97 Å². The summed E-state index contributed by atoms with van der Waals surface area (Å²) in [6.07, 6.45) is 7.87. The van der Waals surface area contributed by atoms with E-state index in [1.54, 1.807) is 7.11 Å². The molecule has 4 atom stereocenters. The standard InChI is InChI=1S/C42H56N8O4S/c1-6-49-36-13-12-27-18-30(36)32(39(49)31-19-29(22-44-38(31)26(2)53-5)48-17-16-47-14-8-7-10-28(47)23-48)21-42(3,4)25-54-41(52)34-11-9-15-50(46-34)40(51)33(43)20-37-45-35(27)24-55-37/h12-13,18-19,22,24,26,28,33-34,46H,6-11,14-17,20-21,23,25,43H2,1-5H3/t26-,28+,33-,34-/m0/s1. The quantitative estimate of drug-likeness (QED) is 0.243. The number of ether oxygens (including phenoxy) is 2. The number of hydrogen-bond donors (Lipinski definition) is 2. The number of nitrogens with two attached hydrogens (primary N) is 1. The highest BCUT2D eigenvalue weighted by Crippen LogP contribution is 2.43. The fraction of sp³-hybridized carbons (Fsp3) is 0.571. The second-order valence-corrected chi connectivity index (χ2v) is 17.6. The van der Waals surface area contributed by atoms with Crippen LogP contribution in [-0.2, 0) is 38.4 Å². The van der Waals surface area contributed by atoms with E-state index in [1.807, 2.05) is 6.20 Å². The lowest BCUT2D eigenvalue weighted by Gasteiger charge is -2.45. The second-order valence-electron chi connectivity index (χ2n) is 16.6. The Morgan fingerprint density at radius 2 is 1.96 bits per heavy atom. The van der Waals surface area contributed by atoms with Gasteiger partial charge in [-0.15, -0.1) is 11.3 Å². The van der Waals surface area contributed by atoms with Crippen LogP contribution in [0, 0.1) is 5.41 Å². The number of nitrogens with zero attached hydrogens (tertiary/aromatic N) is 6. The molecule has 3 saturated heterocycles. The van der Waals surface area contributed by atoms with Crippen LogP contribution in [0.4, 0.5) is 5.69 Å². The van der Waals surface area contributed by atoms with Crippen LogP contribution < -0.4 is 16.1 Å². The van der Waals surface area contributed by atoms with Crippen molar-refractivity contribution in [3.8, 4) is 22.5 Å². The topological polar surface area (TPSA) is 131 Å². The molecule has 4 aliphatic rings. The zero-order valence-corrected chi connectivity index (χ0v) is 33.8. The number of aryl methyl sites for hydroxylation is 1. The molecule has 3 aromatic heterocycles. The van der Waals surface area contributed by atoms with Gasteiger partial charge in [0.15, 0.2) is 0 Å². The van der Waals surface area contributed by atoms with Crippen LogP contribution in [0.2, 0.25) is 0 Å². The summed E-state index contributed by atoms with van der Waals surface area (Å²) in [5, 5.41) is 5.49. The number of amides is 1. The minimum Gasteiger partial charge on any atom is -0.464 e. The molecule has 0 unspecified atom stereocenters. The molecule has 55 heavy (non-hydrogen) atoms. The van der Waals surface area contributed by atoms with E-state index in [-0.39, 0.29) is 24.6 Å². The van der Waals surface area contributed by atoms with Gasteiger partial charge in [-0.3, -0.25) is 24.5 Å². The molecule has 8 rings (SSSR count). The lowest BCUT2D eigenvalue weighted by molar-refractivity contribution is -0.154. The maximum absolute atomic E-state index is 13.6. The molecular weight excluding hydrogens is 713 g/mol. The molecule has 0 radical (unpaired) electrons. The number of carbonyl (C=O) groups excluding carboxylic acids is 2. The highest BCUT2D eigenvalue weighted by Gasteiger charge is 2.35. The van der Waals surface area contributed by atoms with Gasteiger partial charge in [0.1, 0.15) is 6.04 Å². The Hall–Kier alpha value is -3.88. The van der Waals surface area contributed by atoms with Crippen molar-refractivity contribution in [2.45, 2.75) is 103 Å². The number of cyclic esters (lactones) is 1. The Labute approximate surface area is 328 Å². The predicted molar refractivity (Wildman–Crippen MR) is 217 cm³/mol. The van der Waals surface area contributed by atoms with Gasteiger partial charge in [-0.2, -0.15) is 0 Å². The number of piperazine rings is 1. The maximum atomic E-state index is 13.6. The van der Waals surface area contributed by atoms with Crippen LogP contribution in [0.15, 0.2) is 35.8 Å². The number of aromatic nitrogens is 3. The first-order chi connectivity index (χ1) is 26.5. The number of fused-ring (bicyclic) bond motifs is 7. The number of esters is 1. The van der Waals surface area contributed by atoms with Gasteiger partial charge in [-0.05, 0) is 76.3 Å². The number of benzene rings is 1. The van der Waals surface area contributed by atoms with Crippen molar-refractivity contribution < 1.29 is 19.1 Å². The molecule has 294 valence electrons. The third-order valence-electron chi connectivity index (χ3n) is 12.1. The molecule has 1 aromatic carbocycles. The van der Waals surface area contributed by atoms with Crippen LogP contribution in [-0.4, -0.2) is 101 Å². The number of rotatable bonds is 5. The average molecular weight is 769 g/mol. The summed E-state index contributed by atoms with van der Waals surface area (Å²) in [6, 6.07) is 8.14.